The first-order valence-electron chi connectivity index (χ1n) is 10.5. The van der Waals surface area contributed by atoms with Crippen molar-refractivity contribution in [2.75, 3.05) is 26.2 Å². The number of benzene rings is 1. The topological polar surface area (TPSA) is 31.6 Å². The fourth-order valence-electron chi connectivity index (χ4n) is 5.55. The molecular formula is C22H31N3O. The average Bonchev–Trinajstić information content (AvgIpc) is 2.99. The molecule has 2 aromatic rings. The normalized spacial score (nSPS) is 25.4. The third-order valence-electron chi connectivity index (χ3n) is 6.85. The van der Waals surface area contributed by atoms with Gasteiger partial charge in [0.2, 0.25) is 0 Å². The fraction of sp³-hybridized carbons (Fsp3) is 0.636. The zero-order valence-corrected chi connectivity index (χ0v) is 16.0. The molecule has 4 heteroatoms. The van der Waals surface area contributed by atoms with Gasteiger partial charge in [-0.05, 0) is 56.7 Å². The first kappa shape index (κ1) is 16.8. The molecule has 0 bridgehead atoms. The van der Waals surface area contributed by atoms with Gasteiger partial charge in [-0.3, -0.25) is 9.80 Å². The average molecular weight is 354 g/mol. The first-order valence-corrected chi connectivity index (χ1v) is 10.5. The number of likely N-dealkylation sites (tertiary alicyclic amines) is 1. The highest BCUT2D eigenvalue weighted by molar-refractivity contribution is 5.87. The molecule has 140 valence electrons. The smallest absolute Gasteiger partial charge is 0.120 e. The number of rotatable bonds is 3. The lowest BCUT2D eigenvalue weighted by molar-refractivity contribution is -0.0440. The van der Waals surface area contributed by atoms with Crippen molar-refractivity contribution in [3.63, 3.8) is 0 Å². The molecule has 3 heterocycles. The van der Waals surface area contributed by atoms with E-state index in [2.05, 4.69) is 39.5 Å². The third kappa shape index (κ3) is 2.70. The third-order valence-corrected chi connectivity index (χ3v) is 6.85. The van der Waals surface area contributed by atoms with Crippen LogP contribution in [-0.4, -0.2) is 51.9 Å². The van der Waals surface area contributed by atoms with E-state index >= 15 is 0 Å². The van der Waals surface area contributed by atoms with E-state index in [9.17, 15) is 5.11 Å². The summed E-state index contributed by atoms with van der Waals surface area (Å²) >= 11 is 0. The van der Waals surface area contributed by atoms with Crippen molar-refractivity contribution >= 4 is 10.9 Å². The highest BCUT2D eigenvalue weighted by atomic mass is 16.3. The summed E-state index contributed by atoms with van der Waals surface area (Å²) in [7, 11) is 0. The second-order valence-corrected chi connectivity index (χ2v) is 8.52. The molecule has 1 aromatic carbocycles. The number of hydrogen-bond acceptors (Lipinski definition) is 3. The number of nitrogens with zero attached hydrogens (tertiary/aromatic N) is 3. The van der Waals surface area contributed by atoms with Gasteiger partial charge in [-0.2, -0.15) is 0 Å². The maximum atomic E-state index is 10.8. The Morgan fingerprint density at radius 2 is 1.92 bits per heavy atom. The Morgan fingerprint density at radius 3 is 2.77 bits per heavy atom. The van der Waals surface area contributed by atoms with E-state index in [1.165, 1.54) is 55.0 Å². The van der Waals surface area contributed by atoms with Crippen molar-refractivity contribution in [3.05, 3.63) is 35.0 Å². The summed E-state index contributed by atoms with van der Waals surface area (Å²) in [5.74, 6) is 0. The second kappa shape index (κ2) is 6.66. The summed E-state index contributed by atoms with van der Waals surface area (Å²) in [5, 5.41) is 12.3. The number of aliphatic hydroxyl groups excluding tert-OH is 1. The van der Waals surface area contributed by atoms with E-state index in [-0.39, 0.29) is 6.23 Å². The van der Waals surface area contributed by atoms with E-state index in [1.54, 1.807) is 11.3 Å². The van der Waals surface area contributed by atoms with Crippen LogP contribution in [0.1, 0.15) is 55.0 Å². The van der Waals surface area contributed by atoms with Crippen LogP contribution in [0.3, 0.4) is 0 Å². The molecule has 1 aliphatic carbocycles. The van der Waals surface area contributed by atoms with E-state index in [4.69, 9.17) is 0 Å². The predicted molar refractivity (Wildman–Crippen MR) is 105 cm³/mol. The summed E-state index contributed by atoms with van der Waals surface area (Å²) in [4.78, 5) is 4.86. The van der Waals surface area contributed by atoms with Crippen LogP contribution in [0.15, 0.2) is 18.2 Å². The Labute approximate surface area is 156 Å². The number of fused-ring (bicyclic) bond motifs is 3. The molecule has 1 N–H and O–H groups in total. The van der Waals surface area contributed by atoms with E-state index in [1.807, 2.05) is 0 Å². The highest BCUT2D eigenvalue weighted by Gasteiger charge is 2.36. The lowest BCUT2D eigenvalue weighted by atomic mass is 9.89. The maximum Gasteiger partial charge on any atom is 0.120 e. The summed E-state index contributed by atoms with van der Waals surface area (Å²) in [6.45, 7) is 7.22. The Morgan fingerprint density at radius 1 is 1.08 bits per heavy atom. The largest absolute Gasteiger partial charge is 0.377 e. The summed E-state index contributed by atoms with van der Waals surface area (Å²) in [6.07, 6.45) is 7.19. The molecule has 0 spiro atoms. The SMILES string of the molecule is Cc1ccc2c(c1)c1c3n2CCN(CC(O)N2CCCCC2)C3CCC1. The lowest BCUT2D eigenvalue weighted by Gasteiger charge is -2.42. The Balaban J connectivity index is 1.45. The van der Waals surface area contributed by atoms with Gasteiger partial charge in [-0.25, -0.2) is 0 Å². The van der Waals surface area contributed by atoms with Crippen molar-refractivity contribution in [2.45, 2.75) is 64.3 Å². The minimum absolute atomic E-state index is 0.307. The van der Waals surface area contributed by atoms with E-state index < -0.39 is 0 Å². The van der Waals surface area contributed by atoms with Crippen LogP contribution >= 0.6 is 0 Å². The van der Waals surface area contributed by atoms with Crippen LogP contribution < -0.4 is 0 Å². The first-order chi connectivity index (χ1) is 12.7. The number of aliphatic hydroxyl groups is 1. The van der Waals surface area contributed by atoms with Crippen molar-refractivity contribution in [2.24, 2.45) is 0 Å². The predicted octanol–water partition coefficient (Wildman–Crippen LogP) is 3.45. The Bertz CT molecular complexity index is 805. The van der Waals surface area contributed by atoms with Crippen LogP contribution in [0.25, 0.3) is 10.9 Å². The van der Waals surface area contributed by atoms with Gasteiger partial charge in [0.1, 0.15) is 6.23 Å². The summed E-state index contributed by atoms with van der Waals surface area (Å²) in [5.41, 5.74) is 5.91. The highest BCUT2D eigenvalue weighted by Crippen LogP contribution is 2.42. The molecule has 0 amide bonds. The van der Waals surface area contributed by atoms with Crippen LogP contribution in [0.2, 0.25) is 0 Å². The molecular weight excluding hydrogens is 322 g/mol. The van der Waals surface area contributed by atoms with Gasteiger partial charge in [0.25, 0.3) is 0 Å². The molecule has 4 nitrogen and oxygen atoms in total. The molecule has 1 saturated heterocycles. The molecule has 2 atom stereocenters. The summed E-state index contributed by atoms with van der Waals surface area (Å²) in [6, 6.07) is 7.43. The van der Waals surface area contributed by atoms with Gasteiger partial charge in [-0.1, -0.05) is 18.1 Å². The number of β-amino-alcohol motifs (C(OH)–C–C–N with tert-alkyl or cyclic N) is 1. The molecule has 1 aromatic heterocycles. The second-order valence-electron chi connectivity index (χ2n) is 8.52. The van der Waals surface area contributed by atoms with Gasteiger partial charge in [0.05, 0.1) is 6.04 Å². The van der Waals surface area contributed by atoms with Crippen molar-refractivity contribution in [1.29, 1.82) is 0 Å². The minimum Gasteiger partial charge on any atom is -0.377 e. The molecule has 1 fully saturated rings. The van der Waals surface area contributed by atoms with E-state index in [0.29, 0.717) is 6.04 Å². The van der Waals surface area contributed by atoms with Crippen LogP contribution in [-0.2, 0) is 13.0 Å². The quantitative estimate of drug-likeness (QED) is 0.917. The van der Waals surface area contributed by atoms with Gasteiger partial charge in [0, 0.05) is 49.3 Å². The van der Waals surface area contributed by atoms with Crippen LogP contribution in [0.5, 0.6) is 0 Å². The number of piperidine rings is 1. The zero-order valence-electron chi connectivity index (χ0n) is 16.0. The van der Waals surface area contributed by atoms with Gasteiger partial charge in [-0.15, -0.1) is 0 Å². The molecule has 26 heavy (non-hydrogen) atoms. The van der Waals surface area contributed by atoms with Crippen molar-refractivity contribution < 1.29 is 5.11 Å². The van der Waals surface area contributed by atoms with Crippen LogP contribution in [0.4, 0.5) is 0 Å². The van der Waals surface area contributed by atoms with Crippen molar-refractivity contribution in [1.82, 2.24) is 14.4 Å². The lowest BCUT2D eigenvalue weighted by Crippen LogP contribution is -2.49. The Kier molecular flexibility index (Phi) is 4.30. The van der Waals surface area contributed by atoms with Gasteiger partial charge >= 0.3 is 0 Å². The molecule has 0 saturated carbocycles. The van der Waals surface area contributed by atoms with Gasteiger partial charge in [0.15, 0.2) is 0 Å². The molecule has 5 rings (SSSR count). The Hall–Kier alpha value is -1.36. The number of aryl methyl sites for hydroxylation is 2. The zero-order chi connectivity index (χ0) is 17.7. The van der Waals surface area contributed by atoms with Gasteiger partial charge < -0.3 is 9.67 Å². The van der Waals surface area contributed by atoms with E-state index in [0.717, 1.165) is 32.7 Å². The molecule has 2 aliphatic heterocycles. The molecule has 2 unspecified atom stereocenters. The fourth-order valence-corrected chi connectivity index (χ4v) is 5.55. The maximum absolute atomic E-state index is 10.8. The molecule has 3 aliphatic rings. The molecule has 0 radical (unpaired) electrons. The summed E-state index contributed by atoms with van der Waals surface area (Å²) < 4.78 is 2.58. The number of aromatic nitrogens is 1. The standard InChI is InChI=1S/C22H31N3O/c1-16-8-9-19-18(14-16)17-6-5-7-20-22(17)25(19)13-12-24(20)15-21(26)23-10-3-2-4-11-23/h8-9,14,20-21,26H,2-7,10-13,15H2,1H3. The van der Waals surface area contributed by atoms with Crippen molar-refractivity contribution in [3.8, 4) is 0 Å². The minimum atomic E-state index is -0.307. The number of hydrogen-bond donors (Lipinski definition) is 1. The van der Waals surface area contributed by atoms with Crippen LogP contribution in [0, 0.1) is 6.92 Å². The monoisotopic (exact) mass is 353 g/mol.